The molecule has 0 spiro atoms. The Labute approximate surface area is 277 Å². The zero-order valence-corrected chi connectivity index (χ0v) is 31.7. The van der Waals surface area contributed by atoms with Crippen molar-refractivity contribution in [1.29, 1.82) is 0 Å². The summed E-state index contributed by atoms with van der Waals surface area (Å²) < 4.78 is 5.73. The molecule has 0 aliphatic heterocycles. The summed E-state index contributed by atoms with van der Waals surface area (Å²) >= 11 is 1.83. The summed E-state index contributed by atoms with van der Waals surface area (Å²) in [4.78, 5) is 2.60. The van der Waals surface area contributed by atoms with Crippen LogP contribution in [0.1, 0.15) is 127 Å². The first kappa shape index (κ1) is 45.9. The number of ether oxygens (including phenoxy) is 1. The van der Waals surface area contributed by atoms with E-state index in [0.717, 1.165) is 13.5 Å². The second-order valence-corrected chi connectivity index (χ2v) is 11.4. The third kappa shape index (κ3) is 18.3. The van der Waals surface area contributed by atoms with Crippen LogP contribution in [0.4, 0.5) is 0 Å². The topological polar surface area (TPSA) is 55.5 Å². The lowest BCUT2D eigenvalue weighted by atomic mass is 9.84. The molecule has 250 valence electrons. The third-order valence-corrected chi connectivity index (χ3v) is 7.29. The summed E-state index contributed by atoms with van der Waals surface area (Å²) in [5.41, 5.74) is 11.5. The van der Waals surface area contributed by atoms with Gasteiger partial charge >= 0.3 is 0 Å². The largest absolute Gasteiger partial charge is 0.400 e. The fourth-order valence-corrected chi connectivity index (χ4v) is 5.06. The molecule has 3 N–H and O–H groups in total. The van der Waals surface area contributed by atoms with Gasteiger partial charge in [0, 0.05) is 35.9 Å². The van der Waals surface area contributed by atoms with E-state index >= 15 is 0 Å². The van der Waals surface area contributed by atoms with Crippen LogP contribution in [0.15, 0.2) is 72.8 Å². The Morgan fingerprint density at radius 2 is 1.30 bits per heavy atom. The number of thiophene rings is 1. The van der Waals surface area contributed by atoms with Crippen molar-refractivity contribution in [3.05, 3.63) is 105 Å². The van der Waals surface area contributed by atoms with Gasteiger partial charge in [0.1, 0.15) is 0 Å². The van der Waals surface area contributed by atoms with Gasteiger partial charge in [-0.2, -0.15) is 0 Å². The Bertz CT molecular complexity index is 1090. The Hall–Kier alpha value is -2.50. The molecule has 0 saturated carbocycles. The number of aliphatic hydroxyl groups is 1. The summed E-state index contributed by atoms with van der Waals surface area (Å²) in [6, 6.07) is 21.7. The monoisotopic (exact) mass is 625 g/mol. The number of hydrogen-bond donors (Lipinski definition) is 2. The molecule has 3 nitrogen and oxygen atoms in total. The van der Waals surface area contributed by atoms with Crippen LogP contribution in [0.5, 0.6) is 0 Å². The smallest absolute Gasteiger partial charge is 0.0869 e. The summed E-state index contributed by atoms with van der Waals surface area (Å²) in [6.45, 7) is 27.0. The maximum absolute atomic E-state index is 7.00. The Morgan fingerprint density at radius 3 is 1.77 bits per heavy atom. The normalized spacial score (nSPS) is 12.4. The molecule has 0 radical (unpaired) electrons. The molecule has 1 aromatic heterocycles. The highest BCUT2D eigenvalue weighted by atomic mass is 32.1. The van der Waals surface area contributed by atoms with Crippen molar-refractivity contribution in [2.45, 2.75) is 114 Å². The summed E-state index contributed by atoms with van der Waals surface area (Å²) in [5, 5.41) is 7.00. The number of methoxy groups -OCH3 is 1. The van der Waals surface area contributed by atoms with Crippen molar-refractivity contribution in [3.63, 3.8) is 0 Å². The van der Waals surface area contributed by atoms with E-state index < -0.39 is 0 Å². The fraction of sp³-hybridized carbons (Fsp3) is 0.500. The third-order valence-electron chi connectivity index (χ3n) is 6.03. The van der Waals surface area contributed by atoms with Crippen LogP contribution >= 0.6 is 11.3 Å². The lowest BCUT2D eigenvalue weighted by Gasteiger charge is -2.29. The molecular weight excluding hydrogens is 559 g/mol. The SMILES string of the molecule is CC.CC.CC.CC.CO.COC(c1ccc(CC(N)/C=C/c2ccc(C(C)/C=C/c3ccc(C)cc3)s2)cc1)C(C)(C)C. The average molecular weight is 626 g/mol. The van der Waals surface area contributed by atoms with E-state index in [-0.39, 0.29) is 17.6 Å². The molecule has 0 saturated heterocycles. The van der Waals surface area contributed by atoms with Gasteiger partial charge in [0.25, 0.3) is 0 Å². The second-order valence-electron chi connectivity index (χ2n) is 10.2. The van der Waals surface area contributed by atoms with E-state index in [0.29, 0.717) is 5.92 Å². The Balaban J connectivity index is -0.00000152. The predicted molar refractivity (Wildman–Crippen MR) is 203 cm³/mol. The maximum atomic E-state index is 7.00. The number of nitrogens with two attached hydrogens (primary N) is 1. The van der Waals surface area contributed by atoms with Crippen molar-refractivity contribution in [3.8, 4) is 0 Å². The van der Waals surface area contributed by atoms with Crippen LogP contribution in [0, 0.1) is 12.3 Å². The Morgan fingerprint density at radius 1 is 0.773 bits per heavy atom. The molecule has 4 heteroatoms. The molecule has 0 aliphatic carbocycles. The average Bonchev–Trinajstić information content (AvgIpc) is 3.54. The van der Waals surface area contributed by atoms with Crippen LogP contribution in [0.3, 0.4) is 0 Å². The summed E-state index contributed by atoms with van der Waals surface area (Å²) in [7, 11) is 2.78. The second kappa shape index (κ2) is 28.0. The number of allylic oxidation sites excluding steroid dienone is 1. The Kier molecular flexibility index (Phi) is 29.2. The molecule has 44 heavy (non-hydrogen) atoms. The van der Waals surface area contributed by atoms with Gasteiger partial charge in [-0.3, -0.25) is 0 Å². The van der Waals surface area contributed by atoms with Crippen LogP contribution in [0.2, 0.25) is 0 Å². The maximum Gasteiger partial charge on any atom is 0.0869 e. The molecule has 0 fully saturated rings. The number of aliphatic hydroxyl groups excluding tert-OH is 1. The van der Waals surface area contributed by atoms with Gasteiger partial charge in [0.2, 0.25) is 0 Å². The molecule has 0 aliphatic rings. The van der Waals surface area contributed by atoms with Crippen molar-refractivity contribution < 1.29 is 9.84 Å². The van der Waals surface area contributed by atoms with Crippen LogP contribution in [-0.4, -0.2) is 25.4 Å². The van der Waals surface area contributed by atoms with E-state index in [4.69, 9.17) is 15.6 Å². The molecule has 3 rings (SSSR count). The van der Waals surface area contributed by atoms with Gasteiger partial charge in [-0.25, -0.2) is 0 Å². The van der Waals surface area contributed by atoms with Crippen molar-refractivity contribution >= 4 is 23.5 Å². The molecule has 3 atom stereocenters. The van der Waals surface area contributed by atoms with Crippen molar-refractivity contribution in [2.24, 2.45) is 11.1 Å². The molecule has 2 aromatic carbocycles. The van der Waals surface area contributed by atoms with E-state index in [1.165, 1.54) is 32.0 Å². The number of aryl methyl sites for hydroxylation is 1. The zero-order valence-electron chi connectivity index (χ0n) is 30.9. The number of hydrogen-bond acceptors (Lipinski definition) is 4. The van der Waals surface area contributed by atoms with E-state index in [1.807, 2.05) is 66.7 Å². The molecule has 3 unspecified atom stereocenters. The van der Waals surface area contributed by atoms with E-state index in [9.17, 15) is 0 Å². The minimum absolute atomic E-state index is 0.0175. The minimum atomic E-state index is -0.0175. The van der Waals surface area contributed by atoms with Crippen LogP contribution in [0.25, 0.3) is 12.2 Å². The van der Waals surface area contributed by atoms with Gasteiger partial charge in [0.05, 0.1) is 6.10 Å². The molecule has 1 heterocycles. The minimum Gasteiger partial charge on any atom is -0.400 e. The quantitative estimate of drug-likeness (QED) is 0.249. The van der Waals surface area contributed by atoms with Crippen molar-refractivity contribution in [1.82, 2.24) is 0 Å². The fourth-order valence-electron chi connectivity index (χ4n) is 4.11. The lowest BCUT2D eigenvalue weighted by molar-refractivity contribution is 0.0152. The van der Waals surface area contributed by atoms with Gasteiger partial charge in [0.15, 0.2) is 0 Å². The highest BCUT2D eigenvalue weighted by Crippen LogP contribution is 2.35. The van der Waals surface area contributed by atoms with Gasteiger partial charge < -0.3 is 15.6 Å². The highest BCUT2D eigenvalue weighted by molar-refractivity contribution is 7.13. The number of rotatable bonds is 9. The zero-order chi connectivity index (χ0) is 34.7. The molecule has 0 amide bonds. The standard InChI is InChI=1S/C31H39NOS.4C2H6.CH4O/c1-22-7-10-24(11-8-22)12-9-23(2)29-20-19-28(34-29)18-17-27(32)21-25-13-15-26(16-14-25)30(33-6)31(3,4)5;5*1-2/h7-20,23,27,30H,21,32H2,1-6H3;4*1-2H3;2H,1H3/b12-9+,18-17+;;;;;. The summed E-state index contributed by atoms with van der Waals surface area (Å²) in [6.07, 6.45) is 9.65. The first-order valence-corrected chi connectivity index (χ1v) is 17.3. The van der Waals surface area contributed by atoms with Crippen LogP contribution < -0.4 is 5.73 Å². The van der Waals surface area contributed by atoms with E-state index in [2.05, 4.69) is 120 Å². The van der Waals surface area contributed by atoms with Crippen molar-refractivity contribution in [2.75, 3.05) is 14.2 Å². The number of benzene rings is 2. The molecule has 3 aromatic rings. The molecule has 0 bridgehead atoms. The van der Waals surface area contributed by atoms with Crippen LogP contribution in [-0.2, 0) is 11.2 Å². The lowest BCUT2D eigenvalue weighted by Crippen LogP contribution is -2.21. The highest BCUT2D eigenvalue weighted by Gasteiger charge is 2.25. The van der Waals surface area contributed by atoms with E-state index in [1.54, 1.807) is 7.11 Å². The van der Waals surface area contributed by atoms with Gasteiger partial charge in [-0.15, -0.1) is 11.3 Å². The first-order chi connectivity index (χ1) is 21.2. The predicted octanol–water partition coefficient (Wildman–Crippen LogP) is 11.9. The molecular formula is C40H67NO2S. The first-order valence-electron chi connectivity index (χ1n) is 16.5. The summed E-state index contributed by atoms with van der Waals surface area (Å²) in [5.74, 6) is 0.379. The van der Waals surface area contributed by atoms with Gasteiger partial charge in [-0.05, 0) is 53.7 Å². The van der Waals surface area contributed by atoms with Gasteiger partial charge in [-0.1, -0.05) is 155 Å².